The van der Waals surface area contributed by atoms with E-state index >= 15 is 0 Å². The SMILES string of the molecule is Cc1cccc2c1OC1CC=CC=C21. The summed E-state index contributed by atoms with van der Waals surface area (Å²) in [6.45, 7) is 2.10. The molecule has 1 aromatic rings. The first-order valence-electron chi connectivity index (χ1n) is 4.99. The Morgan fingerprint density at radius 3 is 3.21 bits per heavy atom. The van der Waals surface area contributed by atoms with Crippen molar-refractivity contribution in [2.75, 3.05) is 0 Å². The standard InChI is InChI=1S/C13H12O/c1-9-5-4-7-11-10-6-2-3-8-12(10)14-13(9)11/h2-7,12H,8H2,1H3. The molecule has 1 aliphatic carbocycles. The number of fused-ring (bicyclic) bond motifs is 3. The van der Waals surface area contributed by atoms with Crippen LogP contribution in [0.2, 0.25) is 0 Å². The molecule has 0 saturated carbocycles. The summed E-state index contributed by atoms with van der Waals surface area (Å²) in [5.74, 6) is 1.08. The Bertz CT molecular complexity index is 441. The number of ether oxygens (including phenoxy) is 1. The quantitative estimate of drug-likeness (QED) is 0.602. The van der Waals surface area contributed by atoms with Crippen LogP contribution in [0.15, 0.2) is 36.4 Å². The molecule has 0 radical (unpaired) electrons. The highest BCUT2D eigenvalue weighted by atomic mass is 16.5. The summed E-state index contributed by atoms with van der Waals surface area (Å²) in [5, 5.41) is 0. The van der Waals surface area contributed by atoms with Crippen LogP contribution in [0.4, 0.5) is 0 Å². The number of allylic oxidation sites excluding steroid dienone is 2. The summed E-state index contributed by atoms with van der Waals surface area (Å²) < 4.78 is 5.92. The lowest BCUT2D eigenvalue weighted by Crippen LogP contribution is -2.12. The summed E-state index contributed by atoms with van der Waals surface area (Å²) in [7, 11) is 0. The minimum atomic E-state index is 0.260. The minimum Gasteiger partial charge on any atom is -0.484 e. The lowest BCUT2D eigenvalue weighted by Gasteiger charge is -2.12. The molecule has 1 aliphatic heterocycles. The monoisotopic (exact) mass is 184 g/mol. The first-order valence-corrected chi connectivity index (χ1v) is 4.99. The van der Waals surface area contributed by atoms with E-state index < -0.39 is 0 Å². The van der Waals surface area contributed by atoms with Gasteiger partial charge in [0.15, 0.2) is 0 Å². The molecule has 1 unspecified atom stereocenters. The molecule has 0 bridgehead atoms. The highest BCUT2D eigenvalue weighted by Gasteiger charge is 2.29. The Labute approximate surface area is 83.7 Å². The van der Waals surface area contributed by atoms with Crippen molar-refractivity contribution in [2.24, 2.45) is 0 Å². The number of benzene rings is 1. The van der Waals surface area contributed by atoms with E-state index in [1.807, 2.05) is 0 Å². The van der Waals surface area contributed by atoms with E-state index in [-0.39, 0.29) is 6.10 Å². The Balaban J connectivity index is 2.20. The second-order valence-electron chi connectivity index (χ2n) is 3.84. The molecule has 0 spiro atoms. The van der Waals surface area contributed by atoms with Crippen molar-refractivity contribution >= 4 is 5.57 Å². The van der Waals surface area contributed by atoms with Gasteiger partial charge in [0.05, 0.1) is 0 Å². The van der Waals surface area contributed by atoms with Crippen LogP contribution >= 0.6 is 0 Å². The Morgan fingerprint density at radius 2 is 2.29 bits per heavy atom. The fraction of sp³-hybridized carbons (Fsp3) is 0.231. The molecule has 0 fully saturated rings. The van der Waals surface area contributed by atoms with Gasteiger partial charge in [0.1, 0.15) is 11.9 Å². The van der Waals surface area contributed by atoms with E-state index in [1.54, 1.807) is 0 Å². The number of aryl methyl sites for hydroxylation is 1. The molecule has 0 N–H and O–H groups in total. The van der Waals surface area contributed by atoms with Crippen molar-refractivity contribution in [3.63, 3.8) is 0 Å². The van der Waals surface area contributed by atoms with Gasteiger partial charge in [-0.05, 0) is 12.5 Å². The molecule has 2 aliphatic rings. The highest BCUT2D eigenvalue weighted by Crippen LogP contribution is 2.42. The van der Waals surface area contributed by atoms with Crippen LogP contribution in [-0.4, -0.2) is 6.10 Å². The third kappa shape index (κ3) is 0.955. The van der Waals surface area contributed by atoms with Crippen LogP contribution in [-0.2, 0) is 0 Å². The summed E-state index contributed by atoms with van der Waals surface area (Å²) in [4.78, 5) is 0. The largest absolute Gasteiger partial charge is 0.484 e. The zero-order valence-corrected chi connectivity index (χ0v) is 8.16. The van der Waals surface area contributed by atoms with Gasteiger partial charge in [-0.15, -0.1) is 0 Å². The molecule has 14 heavy (non-hydrogen) atoms. The normalized spacial score (nSPS) is 22.4. The van der Waals surface area contributed by atoms with Crippen LogP contribution < -0.4 is 4.74 Å². The van der Waals surface area contributed by atoms with Crippen LogP contribution in [0.5, 0.6) is 5.75 Å². The maximum absolute atomic E-state index is 5.92. The molecule has 1 heterocycles. The van der Waals surface area contributed by atoms with E-state index in [1.165, 1.54) is 16.7 Å². The lowest BCUT2D eigenvalue weighted by atomic mass is 9.96. The molecule has 1 aromatic carbocycles. The summed E-state index contributed by atoms with van der Waals surface area (Å²) in [6.07, 6.45) is 7.71. The smallest absolute Gasteiger partial charge is 0.130 e. The van der Waals surface area contributed by atoms with Crippen molar-refractivity contribution in [3.8, 4) is 5.75 Å². The summed E-state index contributed by atoms with van der Waals surface area (Å²) in [5.41, 5.74) is 3.85. The van der Waals surface area contributed by atoms with Gasteiger partial charge in [0, 0.05) is 17.6 Å². The van der Waals surface area contributed by atoms with E-state index in [2.05, 4.69) is 43.4 Å². The van der Waals surface area contributed by atoms with Crippen LogP contribution in [0.1, 0.15) is 17.5 Å². The molecule has 0 saturated heterocycles. The molecule has 1 nitrogen and oxygen atoms in total. The first kappa shape index (κ1) is 7.86. The Kier molecular flexibility index (Phi) is 1.54. The average Bonchev–Trinajstić information content (AvgIpc) is 2.59. The van der Waals surface area contributed by atoms with Gasteiger partial charge in [-0.25, -0.2) is 0 Å². The molecular weight excluding hydrogens is 172 g/mol. The summed E-state index contributed by atoms with van der Waals surface area (Å²) in [6, 6.07) is 6.34. The van der Waals surface area contributed by atoms with Crippen molar-refractivity contribution in [3.05, 3.63) is 47.6 Å². The number of hydrogen-bond acceptors (Lipinski definition) is 1. The van der Waals surface area contributed by atoms with Crippen LogP contribution in [0.3, 0.4) is 0 Å². The Hall–Kier alpha value is -1.50. The molecule has 0 amide bonds. The number of hydrogen-bond donors (Lipinski definition) is 0. The Morgan fingerprint density at radius 1 is 1.36 bits per heavy atom. The molecule has 1 atom stereocenters. The van der Waals surface area contributed by atoms with Gasteiger partial charge < -0.3 is 4.74 Å². The van der Waals surface area contributed by atoms with Gasteiger partial charge >= 0.3 is 0 Å². The van der Waals surface area contributed by atoms with Gasteiger partial charge in [-0.3, -0.25) is 0 Å². The van der Waals surface area contributed by atoms with Crippen molar-refractivity contribution in [2.45, 2.75) is 19.4 Å². The molecular formula is C13H12O. The fourth-order valence-corrected chi connectivity index (χ4v) is 2.16. The van der Waals surface area contributed by atoms with E-state index in [0.717, 1.165) is 12.2 Å². The van der Waals surface area contributed by atoms with E-state index in [4.69, 9.17) is 4.74 Å². The maximum atomic E-state index is 5.92. The van der Waals surface area contributed by atoms with Crippen molar-refractivity contribution in [1.29, 1.82) is 0 Å². The third-order valence-electron chi connectivity index (χ3n) is 2.89. The molecule has 0 aromatic heterocycles. The topological polar surface area (TPSA) is 9.23 Å². The van der Waals surface area contributed by atoms with Crippen molar-refractivity contribution < 1.29 is 4.74 Å². The second kappa shape index (κ2) is 2.74. The fourth-order valence-electron chi connectivity index (χ4n) is 2.16. The molecule has 3 rings (SSSR count). The lowest BCUT2D eigenvalue weighted by molar-refractivity contribution is 0.277. The predicted octanol–water partition coefficient (Wildman–Crippen LogP) is 3.10. The second-order valence-corrected chi connectivity index (χ2v) is 3.84. The van der Waals surface area contributed by atoms with Crippen LogP contribution in [0.25, 0.3) is 5.57 Å². The summed E-state index contributed by atoms with van der Waals surface area (Å²) >= 11 is 0. The minimum absolute atomic E-state index is 0.260. The average molecular weight is 184 g/mol. The molecule has 70 valence electrons. The van der Waals surface area contributed by atoms with Gasteiger partial charge in [0.25, 0.3) is 0 Å². The van der Waals surface area contributed by atoms with Crippen LogP contribution in [0, 0.1) is 6.92 Å². The van der Waals surface area contributed by atoms with Gasteiger partial charge in [0.2, 0.25) is 0 Å². The zero-order valence-electron chi connectivity index (χ0n) is 8.16. The number of para-hydroxylation sites is 1. The number of rotatable bonds is 0. The molecule has 1 heteroatoms. The van der Waals surface area contributed by atoms with E-state index in [0.29, 0.717) is 0 Å². The van der Waals surface area contributed by atoms with E-state index in [9.17, 15) is 0 Å². The highest BCUT2D eigenvalue weighted by molar-refractivity contribution is 5.80. The maximum Gasteiger partial charge on any atom is 0.130 e. The van der Waals surface area contributed by atoms with Gasteiger partial charge in [-0.1, -0.05) is 36.4 Å². The van der Waals surface area contributed by atoms with Crippen molar-refractivity contribution in [1.82, 2.24) is 0 Å². The third-order valence-corrected chi connectivity index (χ3v) is 2.89. The predicted molar refractivity (Wildman–Crippen MR) is 57.3 cm³/mol. The first-order chi connectivity index (χ1) is 6.86. The zero-order chi connectivity index (χ0) is 9.54. The van der Waals surface area contributed by atoms with Gasteiger partial charge in [-0.2, -0.15) is 0 Å².